The molecule has 0 bridgehead atoms. The quantitative estimate of drug-likeness (QED) is 0.761. The number of nitrogens with one attached hydrogen (secondary N) is 1. The number of aliphatic hydroxyl groups is 1. The van der Waals surface area contributed by atoms with Gasteiger partial charge in [-0.3, -0.25) is 9.69 Å². The van der Waals surface area contributed by atoms with Crippen molar-refractivity contribution in [1.29, 1.82) is 0 Å². The number of rotatable bonds is 6. The molecule has 4 nitrogen and oxygen atoms in total. The third-order valence-corrected chi connectivity index (χ3v) is 2.39. The van der Waals surface area contributed by atoms with Crippen molar-refractivity contribution in [1.82, 2.24) is 10.2 Å². The number of hydrogen-bond donors (Lipinski definition) is 2. The Hall–Kier alpha value is -0.820. The first-order valence-corrected chi connectivity index (χ1v) is 5.77. The molecule has 0 saturated heterocycles. The molecule has 18 heavy (non-hydrogen) atoms. The molecule has 0 heterocycles. The maximum atomic E-state index is 12.0. The minimum absolute atomic E-state index is 0.212. The number of halogens is 3. The van der Waals surface area contributed by atoms with Crippen molar-refractivity contribution in [3.05, 3.63) is 0 Å². The second kappa shape index (κ2) is 6.38. The lowest BCUT2D eigenvalue weighted by Gasteiger charge is -2.32. The average molecular weight is 270 g/mol. The first-order valence-electron chi connectivity index (χ1n) is 5.77. The molecular formula is C11H21F3N2O2. The molecule has 0 aromatic rings. The summed E-state index contributed by atoms with van der Waals surface area (Å²) in [6.45, 7) is 5.79. The van der Waals surface area contributed by atoms with Gasteiger partial charge in [0.15, 0.2) is 0 Å². The smallest absolute Gasteiger partial charge is 0.389 e. The van der Waals surface area contributed by atoms with Gasteiger partial charge < -0.3 is 10.4 Å². The van der Waals surface area contributed by atoms with E-state index in [2.05, 4.69) is 0 Å². The number of amides is 1. The Morgan fingerprint density at radius 3 is 2.22 bits per heavy atom. The molecule has 0 rings (SSSR count). The number of alkyl halides is 3. The predicted molar refractivity (Wildman–Crippen MR) is 62.1 cm³/mol. The van der Waals surface area contributed by atoms with E-state index in [1.165, 1.54) is 6.92 Å². The summed E-state index contributed by atoms with van der Waals surface area (Å²) in [6, 6.07) is -0.719. The maximum absolute atomic E-state index is 12.0. The van der Waals surface area contributed by atoms with Gasteiger partial charge in [-0.25, -0.2) is 0 Å². The topological polar surface area (TPSA) is 52.6 Å². The van der Waals surface area contributed by atoms with Crippen LogP contribution in [-0.2, 0) is 4.79 Å². The van der Waals surface area contributed by atoms with E-state index in [-0.39, 0.29) is 6.54 Å². The first-order chi connectivity index (χ1) is 7.96. The summed E-state index contributed by atoms with van der Waals surface area (Å²) in [5.41, 5.74) is -1.01. The summed E-state index contributed by atoms with van der Waals surface area (Å²) >= 11 is 0. The van der Waals surface area contributed by atoms with Gasteiger partial charge in [0.25, 0.3) is 0 Å². The zero-order valence-electron chi connectivity index (χ0n) is 11.1. The van der Waals surface area contributed by atoms with E-state index < -0.39 is 30.3 Å². The van der Waals surface area contributed by atoms with Crippen molar-refractivity contribution in [2.45, 2.75) is 45.5 Å². The standard InChI is InChI=1S/C11H21F3N2O2/c1-5-16(7-10(3,4)18)8(2)9(17)15-6-11(12,13)14/h8,18H,5-7H2,1-4H3,(H,15,17). The number of likely N-dealkylation sites (N-methyl/N-ethyl adjacent to an activating group) is 1. The van der Waals surface area contributed by atoms with Crippen molar-refractivity contribution in [3.8, 4) is 0 Å². The van der Waals surface area contributed by atoms with Crippen molar-refractivity contribution >= 4 is 5.91 Å². The Morgan fingerprint density at radius 1 is 1.39 bits per heavy atom. The van der Waals surface area contributed by atoms with Gasteiger partial charge in [-0.05, 0) is 27.3 Å². The SMILES string of the molecule is CCN(CC(C)(C)O)C(C)C(=O)NCC(F)(F)F. The van der Waals surface area contributed by atoms with E-state index in [0.29, 0.717) is 6.54 Å². The van der Waals surface area contributed by atoms with E-state index in [9.17, 15) is 23.1 Å². The van der Waals surface area contributed by atoms with Crippen LogP contribution in [0.5, 0.6) is 0 Å². The molecule has 0 fully saturated rings. The van der Waals surface area contributed by atoms with Crippen molar-refractivity contribution < 1.29 is 23.1 Å². The van der Waals surface area contributed by atoms with Crippen LogP contribution in [0.4, 0.5) is 13.2 Å². The molecule has 0 aliphatic heterocycles. The van der Waals surface area contributed by atoms with Crippen LogP contribution in [0, 0.1) is 0 Å². The van der Waals surface area contributed by atoms with Gasteiger partial charge in [0.2, 0.25) is 5.91 Å². The molecule has 7 heteroatoms. The highest BCUT2D eigenvalue weighted by atomic mass is 19.4. The van der Waals surface area contributed by atoms with E-state index >= 15 is 0 Å². The normalized spacial score (nSPS) is 14.7. The number of nitrogens with zero attached hydrogens (tertiary/aromatic N) is 1. The molecule has 0 spiro atoms. The Kier molecular flexibility index (Phi) is 6.09. The van der Waals surface area contributed by atoms with Gasteiger partial charge in [0.05, 0.1) is 11.6 Å². The van der Waals surface area contributed by atoms with Crippen LogP contribution in [0.3, 0.4) is 0 Å². The molecule has 108 valence electrons. The van der Waals surface area contributed by atoms with E-state index in [1.54, 1.807) is 25.7 Å². The molecule has 0 aromatic heterocycles. The Bertz CT molecular complexity index is 274. The molecule has 2 N–H and O–H groups in total. The fourth-order valence-corrected chi connectivity index (χ4v) is 1.52. The van der Waals surface area contributed by atoms with Crippen LogP contribution in [0.1, 0.15) is 27.7 Å². The number of carbonyl (C=O) groups is 1. The lowest BCUT2D eigenvalue weighted by atomic mass is 10.1. The van der Waals surface area contributed by atoms with Crippen LogP contribution >= 0.6 is 0 Å². The van der Waals surface area contributed by atoms with E-state index in [1.807, 2.05) is 5.32 Å². The number of carbonyl (C=O) groups excluding carboxylic acids is 1. The van der Waals surface area contributed by atoms with Gasteiger partial charge in [-0.1, -0.05) is 6.92 Å². The minimum Gasteiger partial charge on any atom is -0.389 e. The minimum atomic E-state index is -4.41. The van der Waals surface area contributed by atoms with Crippen LogP contribution in [0.15, 0.2) is 0 Å². The Balaban J connectivity index is 4.41. The largest absolute Gasteiger partial charge is 0.405 e. The van der Waals surface area contributed by atoms with Gasteiger partial charge in [0.1, 0.15) is 6.54 Å². The predicted octanol–water partition coefficient (Wildman–Crippen LogP) is 1.15. The second-order valence-electron chi connectivity index (χ2n) is 4.88. The molecule has 0 saturated carbocycles. The van der Waals surface area contributed by atoms with Crippen molar-refractivity contribution in [3.63, 3.8) is 0 Å². The first kappa shape index (κ1) is 17.2. The Labute approximate surface area is 105 Å². The number of hydrogen-bond acceptors (Lipinski definition) is 3. The highest BCUT2D eigenvalue weighted by Gasteiger charge is 2.30. The van der Waals surface area contributed by atoms with E-state index in [4.69, 9.17) is 0 Å². The van der Waals surface area contributed by atoms with E-state index in [0.717, 1.165) is 0 Å². The van der Waals surface area contributed by atoms with Gasteiger partial charge in [0, 0.05) is 6.54 Å². The highest BCUT2D eigenvalue weighted by Crippen LogP contribution is 2.13. The third-order valence-electron chi connectivity index (χ3n) is 2.39. The van der Waals surface area contributed by atoms with Crippen LogP contribution in [0.25, 0.3) is 0 Å². The second-order valence-corrected chi connectivity index (χ2v) is 4.88. The molecule has 0 aliphatic carbocycles. The molecule has 0 aliphatic rings. The summed E-state index contributed by atoms with van der Waals surface area (Å²) in [5, 5.41) is 11.5. The lowest BCUT2D eigenvalue weighted by molar-refractivity contribution is -0.141. The zero-order valence-corrected chi connectivity index (χ0v) is 11.1. The highest BCUT2D eigenvalue weighted by molar-refractivity contribution is 5.81. The summed E-state index contributed by atoms with van der Waals surface area (Å²) in [7, 11) is 0. The molecule has 0 radical (unpaired) electrons. The average Bonchev–Trinajstić information content (AvgIpc) is 2.19. The third kappa shape index (κ3) is 7.50. The van der Waals surface area contributed by atoms with Gasteiger partial charge in [-0.15, -0.1) is 0 Å². The zero-order chi connectivity index (χ0) is 14.6. The summed E-state index contributed by atoms with van der Waals surface area (Å²) in [4.78, 5) is 13.2. The van der Waals surface area contributed by atoms with Crippen LogP contribution in [-0.4, -0.2) is 53.4 Å². The van der Waals surface area contributed by atoms with Crippen molar-refractivity contribution in [2.24, 2.45) is 0 Å². The molecule has 1 amide bonds. The van der Waals surface area contributed by atoms with Gasteiger partial charge in [-0.2, -0.15) is 13.2 Å². The summed E-state index contributed by atoms with van der Waals surface area (Å²) < 4.78 is 35.9. The maximum Gasteiger partial charge on any atom is 0.405 e. The fraction of sp³-hybridized carbons (Fsp3) is 0.909. The van der Waals surface area contributed by atoms with Crippen LogP contribution < -0.4 is 5.32 Å². The molecule has 1 unspecified atom stereocenters. The fourth-order valence-electron chi connectivity index (χ4n) is 1.52. The lowest BCUT2D eigenvalue weighted by Crippen LogP contribution is -2.51. The molecule has 0 aromatic carbocycles. The monoisotopic (exact) mass is 270 g/mol. The Morgan fingerprint density at radius 2 is 1.89 bits per heavy atom. The molecule has 1 atom stereocenters. The summed E-state index contributed by atoms with van der Waals surface area (Å²) in [6.07, 6.45) is -4.41. The summed E-state index contributed by atoms with van der Waals surface area (Å²) in [5.74, 6) is -0.696. The van der Waals surface area contributed by atoms with Gasteiger partial charge >= 0.3 is 6.18 Å². The molecular weight excluding hydrogens is 249 g/mol. The van der Waals surface area contributed by atoms with Crippen LogP contribution in [0.2, 0.25) is 0 Å². The van der Waals surface area contributed by atoms with Crippen molar-refractivity contribution in [2.75, 3.05) is 19.6 Å².